The second-order valence-electron chi connectivity index (χ2n) is 7.08. The fourth-order valence-electron chi connectivity index (χ4n) is 3.33. The van der Waals surface area contributed by atoms with Crippen molar-refractivity contribution in [3.8, 4) is 11.5 Å². The Morgan fingerprint density at radius 1 is 1.12 bits per heavy atom. The molecule has 3 rings (SSSR count). The Kier molecular flexibility index (Phi) is 5.81. The standard InChI is InChI=1S/C19H29N3O3/c1-14(2)21-8-10-22(11-9-21)15(3)19(23)20-12-16-13-24-17-6-4-5-7-18(17)25-16/h4-7,14-16H,8-13H2,1-3H3,(H,20,23). The van der Waals surface area contributed by atoms with Gasteiger partial charge in [0, 0.05) is 32.2 Å². The molecule has 2 heterocycles. The SMILES string of the molecule is CC(C)N1CCN(C(C)C(=O)NCC2COc3ccccc3O2)CC1. The number of rotatable bonds is 5. The average Bonchev–Trinajstić information content (AvgIpc) is 2.65. The molecule has 6 heteroatoms. The van der Waals surface area contributed by atoms with Crippen LogP contribution in [0, 0.1) is 0 Å². The van der Waals surface area contributed by atoms with E-state index >= 15 is 0 Å². The molecule has 0 radical (unpaired) electrons. The molecule has 0 spiro atoms. The highest BCUT2D eigenvalue weighted by Crippen LogP contribution is 2.30. The van der Waals surface area contributed by atoms with Crippen LogP contribution in [0.5, 0.6) is 11.5 Å². The maximum absolute atomic E-state index is 12.5. The summed E-state index contributed by atoms with van der Waals surface area (Å²) in [5.41, 5.74) is 0. The summed E-state index contributed by atoms with van der Waals surface area (Å²) in [7, 11) is 0. The zero-order valence-corrected chi connectivity index (χ0v) is 15.4. The molecule has 2 atom stereocenters. The fraction of sp³-hybridized carbons (Fsp3) is 0.632. The van der Waals surface area contributed by atoms with E-state index in [-0.39, 0.29) is 18.1 Å². The number of carbonyl (C=O) groups excluding carboxylic acids is 1. The average molecular weight is 347 g/mol. The summed E-state index contributed by atoms with van der Waals surface area (Å²) in [4.78, 5) is 17.2. The van der Waals surface area contributed by atoms with Crippen LogP contribution in [0.4, 0.5) is 0 Å². The Morgan fingerprint density at radius 2 is 1.76 bits per heavy atom. The quantitative estimate of drug-likeness (QED) is 0.872. The van der Waals surface area contributed by atoms with E-state index in [9.17, 15) is 4.79 Å². The molecule has 1 N–H and O–H groups in total. The molecule has 1 amide bonds. The van der Waals surface area contributed by atoms with E-state index < -0.39 is 0 Å². The molecular formula is C19H29N3O3. The van der Waals surface area contributed by atoms with Crippen LogP contribution in [0.15, 0.2) is 24.3 Å². The van der Waals surface area contributed by atoms with Crippen molar-refractivity contribution in [3.05, 3.63) is 24.3 Å². The van der Waals surface area contributed by atoms with E-state index in [0.717, 1.165) is 37.7 Å². The molecule has 25 heavy (non-hydrogen) atoms. The molecule has 2 aliphatic heterocycles. The predicted octanol–water partition coefficient (Wildman–Crippen LogP) is 1.36. The lowest BCUT2D eigenvalue weighted by molar-refractivity contribution is -0.127. The normalized spacial score (nSPS) is 22.6. The van der Waals surface area contributed by atoms with E-state index in [1.807, 2.05) is 31.2 Å². The number of para-hydroxylation sites is 2. The molecule has 1 aromatic carbocycles. The van der Waals surface area contributed by atoms with Gasteiger partial charge >= 0.3 is 0 Å². The number of benzene rings is 1. The van der Waals surface area contributed by atoms with Gasteiger partial charge in [0.15, 0.2) is 11.5 Å². The van der Waals surface area contributed by atoms with Gasteiger partial charge in [-0.25, -0.2) is 0 Å². The van der Waals surface area contributed by atoms with Crippen LogP contribution in [-0.4, -0.2) is 73.2 Å². The van der Waals surface area contributed by atoms with Crippen molar-refractivity contribution in [2.75, 3.05) is 39.3 Å². The van der Waals surface area contributed by atoms with E-state index in [1.165, 1.54) is 0 Å². The van der Waals surface area contributed by atoms with Gasteiger partial charge in [-0.15, -0.1) is 0 Å². The zero-order chi connectivity index (χ0) is 17.8. The van der Waals surface area contributed by atoms with Crippen molar-refractivity contribution in [1.82, 2.24) is 15.1 Å². The minimum atomic E-state index is -0.149. The second kappa shape index (κ2) is 8.06. The van der Waals surface area contributed by atoms with Gasteiger partial charge in [0.05, 0.1) is 12.6 Å². The zero-order valence-electron chi connectivity index (χ0n) is 15.4. The predicted molar refractivity (Wildman–Crippen MR) is 97.1 cm³/mol. The number of amides is 1. The van der Waals surface area contributed by atoms with Gasteiger partial charge < -0.3 is 14.8 Å². The van der Waals surface area contributed by atoms with Gasteiger partial charge in [0.1, 0.15) is 12.7 Å². The van der Waals surface area contributed by atoms with Crippen LogP contribution >= 0.6 is 0 Å². The smallest absolute Gasteiger partial charge is 0.237 e. The number of hydrogen-bond donors (Lipinski definition) is 1. The molecule has 0 aliphatic carbocycles. The lowest BCUT2D eigenvalue weighted by Crippen LogP contribution is -2.55. The lowest BCUT2D eigenvalue weighted by atomic mass is 10.2. The van der Waals surface area contributed by atoms with E-state index in [2.05, 4.69) is 29.0 Å². The summed E-state index contributed by atoms with van der Waals surface area (Å²) < 4.78 is 11.6. The molecular weight excluding hydrogens is 318 g/mol. The van der Waals surface area contributed by atoms with Gasteiger partial charge in [-0.3, -0.25) is 14.6 Å². The monoisotopic (exact) mass is 347 g/mol. The van der Waals surface area contributed by atoms with Crippen molar-refractivity contribution in [2.24, 2.45) is 0 Å². The number of carbonyl (C=O) groups is 1. The first-order valence-corrected chi connectivity index (χ1v) is 9.19. The first kappa shape index (κ1) is 18.0. The molecule has 0 aromatic heterocycles. The maximum Gasteiger partial charge on any atom is 0.237 e. The summed E-state index contributed by atoms with van der Waals surface area (Å²) in [5.74, 6) is 1.56. The Hall–Kier alpha value is -1.79. The van der Waals surface area contributed by atoms with Gasteiger partial charge in [-0.2, -0.15) is 0 Å². The second-order valence-corrected chi connectivity index (χ2v) is 7.08. The third kappa shape index (κ3) is 4.44. The highest BCUT2D eigenvalue weighted by molar-refractivity contribution is 5.81. The topological polar surface area (TPSA) is 54.0 Å². The molecule has 6 nitrogen and oxygen atoms in total. The highest BCUT2D eigenvalue weighted by atomic mass is 16.6. The molecule has 1 saturated heterocycles. The molecule has 138 valence electrons. The molecule has 1 fully saturated rings. The number of piperazine rings is 1. The summed E-state index contributed by atoms with van der Waals surface area (Å²) in [6.07, 6.45) is -0.149. The molecule has 1 aromatic rings. The van der Waals surface area contributed by atoms with Crippen molar-refractivity contribution in [3.63, 3.8) is 0 Å². The third-order valence-corrected chi connectivity index (χ3v) is 5.08. The van der Waals surface area contributed by atoms with Crippen molar-refractivity contribution < 1.29 is 14.3 Å². The van der Waals surface area contributed by atoms with Crippen molar-refractivity contribution >= 4 is 5.91 Å². The summed E-state index contributed by atoms with van der Waals surface area (Å²) in [6, 6.07) is 8.07. The maximum atomic E-state index is 12.5. The molecule has 0 bridgehead atoms. The number of nitrogens with one attached hydrogen (secondary N) is 1. The minimum absolute atomic E-state index is 0.0560. The number of ether oxygens (including phenoxy) is 2. The van der Waals surface area contributed by atoms with Crippen molar-refractivity contribution in [1.29, 1.82) is 0 Å². The Bertz CT molecular complexity index is 585. The first-order valence-electron chi connectivity index (χ1n) is 9.19. The largest absolute Gasteiger partial charge is 0.486 e. The lowest BCUT2D eigenvalue weighted by Gasteiger charge is -2.39. The van der Waals surface area contributed by atoms with E-state index in [0.29, 0.717) is 19.2 Å². The van der Waals surface area contributed by atoms with Gasteiger partial charge in [0.25, 0.3) is 0 Å². The number of nitrogens with zero attached hydrogens (tertiary/aromatic N) is 2. The summed E-state index contributed by atoms with van der Waals surface area (Å²) in [5, 5.41) is 3.02. The minimum Gasteiger partial charge on any atom is -0.486 e. The van der Waals surface area contributed by atoms with Crippen LogP contribution in [0.3, 0.4) is 0 Å². The first-order chi connectivity index (χ1) is 12.0. The van der Waals surface area contributed by atoms with Crippen molar-refractivity contribution in [2.45, 2.75) is 39.0 Å². The van der Waals surface area contributed by atoms with Crippen LogP contribution < -0.4 is 14.8 Å². The molecule has 2 unspecified atom stereocenters. The Morgan fingerprint density at radius 3 is 2.44 bits per heavy atom. The third-order valence-electron chi connectivity index (χ3n) is 5.08. The van der Waals surface area contributed by atoms with E-state index in [1.54, 1.807) is 0 Å². The van der Waals surface area contributed by atoms with Gasteiger partial charge in [-0.05, 0) is 32.9 Å². The van der Waals surface area contributed by atoms with Crippen LogP contribution in [0.1, 0.15) is 20.8 Å². The number of hydrogen-bond acceptors (Lipinski definition) is 5. The molecule has 0 saturated carbocycles. The highest BCUT2D eigenvalue weighted by Gasteiger charge is 2.27. The van der Waals surface area contributed by atoms with Gasteiger partial charge in [0.2, 0.25) is 5.91 Å². The Labute approximate surface area is 150 Å². The summed E-state index contributed by atoms with van der Waals surface area (Å²) in [6.45, 7) is 11.2. The van der Waals surface area contributed by atoms with Gasteiger partial charge in [-0.1, -0.05) is 12.1 Å². The van der Waals surface area contributed by atoms with Crippen LogP contribution in [0.25, 0.3) is 0 Å². The van der Waals surface area contributed by atoms with Crippen LogP contribution in [0.2, 0.25) is 0 Å². The summed E-state index contributed by atoms with van der Waals surface area (Å²) >= 11 is 0. The Balaban J connectivity index is 1.44. The number of fused-ring (bicyclic) bond motifs is 1. The molecule has 2 aliphatic rings. The van der Waals surface area contributed by atoms with Crippen LogP contribution in [-0.2, 0) is 4.79 Å². The van der Waals surface area contributed by atoms with E-state index in [4.69, 9.17) is 9.47 Å². The fourth-order valence-corrected chi connectivity index (χ4v) is 3.33.